The fraction of sp³-hybridized carbons (Fsp3) is 0.625. The maximum atomic E-state index is 11.2. The summed E-state index contributed by atoms with van der Waals surface area (Å²) < 4.78 is 29.3. The molecule has 1 aromatic rings. The van der Waals surface area contributed by atoms with Gasteiger partial charge in [0.25, 0.3) is 9.05 Å². The third-order valence-corrected chi connectivity index (χ3v) is 3.55. The van der Waals surface area contributed by atoms with Crippen LogP contribution in [0.2, 0.25) is 0 Å². The maximum absolute atomic E-state index is 11.2. The van der Waals surface area contributed by atoms with Gasteiger partial charge in [0.15, 0.2) is 0 Å². The molecular formula is C8H11ClN2O3S. The van der Waals surface area contributed by atoms with E-state index < -0.39 is 9.05 Å². The standard InChI is InChI=1S/C8H11ClN2O3S/c9-15(12,13)8-10-3-4-11(8)7-2-1-5-14-6-7/h3-4,7H,1-2,5-6H2. The van der Waals surface area contributed by atoms with Gasteiger partial charge in [-0.25, -0.2) is 13.4 Å². The van der Waals surface area contributed by atoms with E-state index in [-0.39, 0.29) is 11.2 Å². The molecule has 15 heavy (non-hydrogen) atoms. The van der Waals surface area contributed by atoms with Crippen LogP contribution in [0, 0.1) is 0 Å². The lowest BCUT2D eigenvalue weighted by Gasteiger charge is -2.24. The minimum absolute atomic E-state index is 0.0183. The van der Waals surface area contributed by atoms with Crippen LogP contribution in [0.15, 0.2) is 17.6 Å². The van der Waals surface area contributed by atoms with Gasteiger partial charge in [-0.2, -0.15) is 0 Å². The van der Waals surface area contributed by atoms with Crippen molar-refractivity contribution in [2.24, 2.45) is 0 Å². The first-order valence-electron chi connectivity index (χ1n) is 4.64. The molecule has 0 N–H and O–H groups in total. The van der Waals surface area contributed by atoms with Gasteiger partial charge in [-0.3, -0.25) is 0 Å². The predicted octanol–water partition coefficient (Wildman–Crippen LogP) is 1.16. The van der Waals surface area contributed by atoms with Crippen molar-refractivity contribution in [3.05, 3.63) is 12.4 Å². The Bertz CT molecular complexity index is 436. The zero-order chi connectivity index (χ0) is 10.9. The van der Waals surface area contributed by atoms with E-state index >= 15 is 0 Å². The van der Waals surface area contributed by atoms with Gasteiger partial charge in [-0.05, 0) is 12.8 Å². The van der Waals surface area contributed by atoms with Crippen LogP contribution in [0.3, 0.4) is 0 Å². The molecule has 0 amide bonds. The van der Waals surface area contributed by atoms with Crippen LogP contribution in [-0.4, -0.2) is 31.2 Å². The molecule has 0 saturated carbocycles. The number of aromatic nitrogens is 2. The number of ether oxygens (including phenoxy) is 1. The molecule has 5 nitrogen and oxygen atoms in total. The Balaban J connectivity index is 2.32. The second-order valence-electron chi connectivity index (χ2n) is 3.43. The summed E-state index contributed by atoms with van der Waals surface area (Å²) in [6, 6.07) is 0.0183. The van der Waals surface area contributed by atoms with Crippen LogP contribution in [0.4, 0.5) is 0 Å². The molecule has 0 aromatic carbocycles. The first kappa shape index (κ1) is 10.9. The van der Waals surface area contributed by atoms with Crippen LogP contribution >= 0.6 is 10.7 Å². The van der Waals surface area contributed by atoms with Crippen molar-refractivity contribution in [1.29, 1.82) is 0 Å². The lowest BCUT2D eigenvalue weighted by atomic mass is 10.1. The molecule has 1 atom stereocenters. The Morgan fingerprint density at radius 1 is 1.60 bits per heavy atom. The Labute approximate surface area is 92.4 Å². The molecule has 0 aliphatic carbocycles. The third-order valence-electron chi connectivity index (χ3n) is 2.38. The van der Waals surface area contributed by atoms with Crippen LogP contribution in [0.1, 0.15) is 18.9 Å². The van der Waals surface area contributed by atoms with Crippen molar-refractivity contribution in [1.82, 2.24) is 9.55 Å². The topological polar surface area (TPSA) is 61.2 Å². The van der Waals surface area contributed by atoms with Crippen molar-refractivity contribution >= 4 is 19.7 Å². The summed E-state index contributed by atoms with van der Waals surface area (Å²) >= 11 is 0. The van der Waals surface area contributed by atoms with E-state index in [4.69, 9.17) is 15.4 Å². The van der Waals surface area contributed by atoms with Crippen LogP contribution in [-0.2, 0) is 13.8 Å². The Hall–Kier alpha value is -0.590. The molecule has 1 aliphatic rings. The molecule has 0 spiro atoms. The van der Waals surface area contributed by atoms with Crippen molar-refractivity contribution in [3.8, 4) is 0 Å². The lowest BCUT2D eigenvalue weighted by molar-refractivity contribution is 0.0562. The number of imidazole rings is 1. The van der Waals surface area contributed by atoms with Crippen LogP contribution in [0.25, 0.3) is 0 Å². The fourth-order valence-corrected chi connectivity index (χ4v) is 2.72. The molecule has 1 unspecified atom stereocenters. The molecular weight excluding hydrogens is 240 g/mol. The highest BCUT2D eigenvalue weighted by Crippen LogP contribution is 2.24. The summed E-state index contributed by atoms with van der Waals surface area (Å²) in [5, 5.41) is -0.0975. The number of hydrogen-bond acceptors (Lipinski definition) is 4. The summed E-state index contributed by atoms with van der Waals surface area (Å²) in [5.74, 6) is 0. The van der Waals surface area contributed by atoms with Crippen molar-refractivity contribution in [2.75, 3.05) is 13.2 Å². The molecule has 84 valence electrons. The molecule has 1 aliphatic heterocycles. The van der Waals surface area contributed by atoms with E-state index in [2.05, 4.69) is 4.98 Å². The summed E-state index contributed by atoms with van der Waals surface area (Å²) in [4.78, 5) is 3.75. The quantitative estimate of drug-likeness (QED) is 0.739. The van der Waals surface area contributed by atoms with Crippen LogP contribution in [0.5, 0.6) is 0 Å². The van der Waals surface area contributed by atoms with Crippen molar-refractivity contribution in [3.63, 3.8) is 0 Å². The molecule has 1 fully saturated rings. The summed E-state index contributed by atoms with van der Waals surface area (Å²) in [7, 11) is 1.50. The van der Waals surface area contributed by atoms with E-state index in [1.54, 1.807) is 10.8 Å². The summed E-state index contributed by atoms with van der Waals surface area (Å²) in [6.45, 7) is 1.24. The normalized spacial score (nSPS) is 22.9. The Morgan fingerprint density at radius 2 is 2.40 bits per heavy atom. The molecule has 2 rings (SSSR count). The molecule has 0 bridgehead atoms. The SMILES string of the molecule is O=S(=O)(Cl)c1nccn1C1CCCOC1. The second-order valence-corrected chi connectivity index (χ2v) is 5.89. The number of hydrogen-bond donors (Lipinski definition) is 0. The summed E-state index contributed by atoms with van der Waals surface area (Å²) in [6.07, 6.45) is 4.86. The zero-order valence-electron chi connectivity index (χ0n) is 7.97. The molecule has 7 heteroatoms. The van der Waals surface area contributed by atoms with Gasteiger partial charge in [0.1, 0.15) is 0 Å². The number of halogens is 1. The smallest absolute Gasteiger partial charge is 0.295 e. The highest BCUT2D eigenvalue weighted by Gasteiger charge is 2.24. The van der Waals surface area contributed by atoms with Crippen molar-refractivity contribution in [2.45, 2.75) is 24.0 Å². The van der Waals surface area contributed by atoms with E-state index in [1.807, 2.05) is 0 Å². The molecule has 0 radical (unpaired) electrons. The van der Waals surface area contributed by atoms with E-state index in [9.17, 15) is 8.42 Å². The number of nitrogens with zero attached hydrogens (tertiary/aromatic N) is 2. The van der Waals surface area contributed by atoms with Crippen molar-refractivity contribution < 1.29 is 13.2 Å². The Kier molecular flexibility index (Phi) is 2.99. The van der Waals surface area contributed by atoms with Crippen LogP contribution < -0.4 is 0 Å². The first-order chi connectivity index (χ1) is 7.09. The highest BCUT2D eigenvalue weighted by atomic mass is 35.7. The largest absolute Gasteiger partial charge is 0.379 e. The van der Waals surface area contributed by atoms with Gasteiger partial charge in [0.2, 0.25) is 5.16 Å². The summed E-state index contributed by atoms with van der Waals surface area (Å²) in [5.41, 5.74) is 0. The average Bonchev–Trinajstić information content (AvgIpc) is 2.67. The molecule has 1 saturated heterocycles. The highest BCUT2D eigenvalue weighted by molar-refractivity contribution is 8.13. The van der Waals surface area contributed by atoms with Gasteiger partial charge in [-0.15, -0.1) is 0 Å². The van der Waals surface area contributed by atoms with E-state index in [0.717, 1.165) is 19.4 Å². The minimum atomic E-state index is -3.77. The van der Waals surface area contributed by atoms with Gasteiger partial charge >= 0.3 is 0 Å². The second kappa shape index (κ2) is 4.11. The molecule has 1 aromatic heterocycles. The third kappa shape index (κ3) is 2.32. The van der Waals surface area contributed by atoms with Gasteiger partial charge in [0.05, 0.1) is 12.6 Å². The lowest BCUT2D eigenvalue weighted by Crippen LogP contribution is -2.22. The van der Waals surface area contributed by atoms with Gasteiger partial charge < -0.3 is 9.30 Å². The molecule has 2 heterocycles. The zero-order valence-corrected chi connectivity index (χ0v) is 9.54. The first-order valence-corrected chi connectivity index (χ1v) is 6.95. The maximum Gasteiger partial charge on any atom is 0.295 e. The monoisotopic (exact) mass is 250 g/mol. The fourth-order valence-electron chi connectivity index (χ4n) is 1.71. The minimum Gasteiger partial charge on any atom is -0.379 e. The van der Waals surface area contributed by atoms with Gasteiger partial charge in [0, 0.05) is 29.7 Å². The predicted molar refractivity (Wildman–Crippen MR) is 54.4 cm³/mol. The Morgan fingerprint density at radius 3 is 3.00 bits per heavy atom. The number of rotatable bonds is 2. The average molecular weight is 251 g/mol. The van der Waals surface area contributed by atoms with Gasteiger partial charge in [-0.1, -0.05) is 0 Å². The van der Waals surface area contributed by atoms with E-state index in [1.165, 1.54) is 6.20 Å². The van der Waals surface area contributed by atoms with E-state index in [0.29, 0.717) is 6.61 Å².